The van der Waals surface area contributed by atoms with E-state index < -0.39 is 0 Å². The predicted molar refractivity (Wildman–Crippen MR) is 129 cm³/mol. The highest BCUT2D eigenvalue weighted by molar-refractivity contribution is 7.12. The maximum atomic E-state index is 13.3. The van der Waals surface area contributed by atoms with Gasteiger partial charge in [-0.1, -0.05) is 28.6 Å². The van der Waals surface area contributed by atoms with Crippen molar-refractivity contribution in [2.75, 3.05) is 20.8 Å². The molecular weight excluding hydrogens is 478 g/mol. The highest BCUT2D eigenvalue weighted by Gasteiger charge is 2.34. The van der Waals surface area contributed by atoms with Gasteiger partial charge in [0.25, 0.3) is 5.91 Å². The number of aromatic nitrogens is 3. The number of fused-ring (bicyclic) bond motifs is 1. The number of ether oxygens (including phenoxy) is 2. The van der Waals surface area contributed by atoms with Gasteiger partial charge in [-0.2, -0.15) is 5.10 Å². The van der Waals surface area contributed by atoms with Crippen molar-refractivity contribution in [2.45, 2.75) is 12.5 Å². The Morgan fingerprint density at radius 3 is 2.76 bits per heavy atom. The summed E-state index contributed by atoms with van der Waals surface area (Å²) in [5.41, 5.74) is 2.89. The van der Waals surface area contributed by atoms with Crippen molar-refractivity contribution >= 4 is 45.6 Å². The van der Waals surface area contributed by atoms with Gasteiger partial charge in [0.15, 0.2) is 18.1 Å². The molecule has 3 heterocycles. The molecule has 0 radical (unpaired) electrons. The SMILES string of the molecule is COc1ccc([C@@H]2CC(c3cccs3)=NN2C(=O)COn2nnc3ccc(Cl)cc32)cc1OC. The maximum Gasteiger partial charge on any atom is 0.283 e. The van der Waals surface area contributed by atoms with Crippen LogP contribution in [0.5, 0.6) is 11.5 Å². The number of halogens is 1. The van der Waals surface area contributed by atoms with E-state index >= 15 is 0 Å². The molecule has 0 fully saturated rings. The lowest BCUT2D eigenvalue weighted by atomic mass is 10.0. The fraction of sp³-hybridized carbons (Fsp3) is 0.217. The van der Waals surface area contributed by atoms with E-state index in [4.69, 9.17) is 25.9 Å². The molecule has 1 atom stereocenters. The second kappa shape index (κ2) is 9.32. The number of hydrogen-bond donors (Lipinski definition) is 0. The molecule has 1 aliphatic heterocycles. The predicted octanol–water partition coefficient (Wildman–Crippen LogP) is 3.97. The van der Waals surface area contributed by atoms with Crippen LogP contribution in [0.4, 0.5) is 0 Å². The van der Waals surface area contributed by atoms with Crippen LogP contribution in [-0.2, 0) is 4.79 Å². The van der Waals surface area contributed by atoms with E-state index in [2.05, 4.69) is 15.4 Å². The van der Waals surface area contributed by atoms with Gasteiger partial charge >= 0.3 is 0 Å². The minimum Gasteiger partial charge on any atom is -0.493 e. The third-order valence-corrected chi connectivity index (χ3v) is 6.61. The van der Waals surface area contributed by atoms with Gasteiger partial charge in [-0.3, -0.25) is 4.79 Å². The fourth-order valence-corrected chi connectivity index (χ4v) is 4.69. The summed E-state index contributed by atoms with van der Waals surface area (Å²) in [5, 5.41) is 16.6. The van der Waals surface area contributed by atoms with Gasteiger partial charge in [-0.05, 0) is 52.6 Å². The standard InChI is InChI=1S/C23H20ClN5O4S/c1-31-20-8-5-14(10-21(20)32-2)18-12-17(22-4-3-9-34-22)26-28(18)23(30)13-33-29-19-11-15(24)6-7-16(19)25-27-29/h3-11,18H,12-13H2,1-2H3/t18-/m0/s1. The zero-order valence-corrected chi connectivity index (χ0v) is 19.9. The van der Waals surface area contributed by atoms with Crippen LogP contribution in [0.2, 0.25) is 5.02 Å². The Balaban J connectivity index is 1.42. The minimum absolute atomic E-state index is 0.282. The number of carbonyl (C=O) groups is 1. The summed E-state index contributed by atoms with van der Waals surface area (Å²) >= 11 is 7.66. The Hall–Kier alpha value is -3.63. The van der Waals surface area contributed by atoms with Crippen molar-refractivity contribution in [3.8, 4) is 11.5 Å². The number of amides is 1. The lowest BCUT2D eigenvalue weighted by Gasteiger charge is -2.22. The van der Waals surface area contributed by atoms with Crippen molar-refractivity contribution in [2.24, 2.45) is 5.10 Å². The van der Waals surface area contributed by atoms with Crippen LogP contribution >= 0.6 is 22.9 Å². The highest BCUT2D eigenvalue weighted by atomic mass is 35.5. The first-order valence-corrected chi connectivity index (χ1v) is 11.6. The van der Waals surface area contributed by atoms with Crippen LogP contribution < -0.4 is 14.3 Å². The molecule has 0 bridgehead atoms. The van der Waals surface area contributed by atoms with Crippen molar-refractivity contribution in [3.63, 3.8) is 0 Å². The molecule has 1 amide bonds. The minimum atomic E-state index is -0.324. The molecule has 11 heteroatoms. The summed E-state index contributed by atoms with van der Waals surface area (Å²) in [6.07, 6.45) is 0.559. The van der Waals surface area contributed by atoms with E-state index in [9.17, 15) is 4.79 Å². The molecule has 4 aromatic rings. The molecule has 9 nitrogen and oxygen atoms in total. The van der Waals surface area contributed by atoms with Gasteiger partial charge < -0.3 is 14.3 Å². The zero-order valence-electron chi connectivity index (χ0n) is 18.3. The van der Waals surface area contributed by atoms with E-state index in [0.717, 1.165) is 16.2 Å². The van der Waals surface area contributed by atoms with Crippen molar-refractivity contribution in [1.82, 2.24) is 20.2 Å². The summed E-state index contributed by atoms with van der Waals surface area (Å²) < 4.78 is 10.8. The molecule has 0 aliphatic carbocycles. The second-order valence-electron chi connectivity index (χ2n) is 7.47. The molecule has 0 saturated carbocycles. The number of hydrogen-bond acceptors (Lipinski definition) is 8. The average Bonchev–Trinajstić information content (AvgIpc) is 3.61. The molecule has 0 unspecified atom stereocenters. The molecule has 34 heavy (non-hydrogen) atoms. The van der Waals surface area contributed by atoms with E-state index in [1.165, 1.54) is 9.85 Å². The first kappa shape index (κ1) is 22.2. The number of thiophene rings is 1. The van der Waals surface area contributed by atoms with Crippen molar-refractivity contribution < 1.29 is 19.1 Å². The van der Waals surface area contributed by atoms with Crippen LogP contribution in [-0.4, -0.2) is 52.6 Å². The van der Waals surface area contributed by atoms with E-state index in [1.54, 1.807) is 43.8 Å². The van der Waals surface area contributed by atoms with Crippen LogP contribution in [0.1, 0.15) is 22.9 Å². The van der Waals surface area contributed by atoms with E-state index in [-0.39, 0.29) is 18.6 Å². The summed E-state index contributed by atoms with van der Waals surface area (Å²) in [5.74, 6) is 0.873. The molecule has 0 N–H and O–H groups in total. The Bertz CT molecular complexity index is 1370. The number of carbonyl (C=O) groups excluding carboxylic acids is 1. The first-order valence-electron chi connectivity index (χ1n) is 10.4. The average molecular weight is 498 g/mol. The van der Waals surface area contributed by atoms with Gasteiger partial charge in [0, 0.05) is 11.4 Å². The summed E-state index contributed by atoms with van der Waals surface area (Å²) in [6.45, 7) is -0.282. The van der Waals surface area contributed by atoms with Gasteiger partial charge in [0.2, 0.25) is 0 Å². The Labute approximate surface area is 204 Å². The van der Waals surface area contributed by atoms with Gasteiger partial charge in [0.05, 0.1) is 30.9 Å². The molecular formula is C23H20ClN5O4S. The summed E-state index contributed by atoms with van der Waals surface area (Å²) in [7, 11) is 3.16. The van der Waals surface area contributed by atoms with Crippen LogP contribution in [0, 0.1) is 0 Å². The van der Waals surface area contributed by atoms with E-state index in [1.807, 2.05) is 35.7 Å². The lowest BCUT2D eigenvalue weighted by molar-refractivity contribution is -0.138. The van der Waals surface area contributed by atoms with Gasteiger partial charge in [0.1, 0.15) is 11.0 Å². The molecule has 0 spiro atoms. The van der Waals surface area contributed by atoms with Crippen LogP contribution in [0.15, 0.2) is 59.0 Å². The molecule has 1 aliphatic rings. The molecule has 5 rings (SSSR count). The lowest BCUT2D eigenvalue weighted by Crippen LogP contribution is -2.34. The molecule has 0 saturated heterocycles. The number of benzene rings is 2. The Kier molecular flexibility index (Phi) is 6.08. The fourth-order valence-electron chi connectivity index (χ4n) is 3.80. The third-order valence-electron chi connectivity index (χ3n) is 5.45. The monoisotopic (exact) mass is 497 g/mol. The highest BCUT2D eigenvalue weighted by Crippen LogP contribution is 2.37. The zero-order chi connectivity index (χ0) is 23.7. The Morgan fingerprint density at radius 1 is 1.15 bits per heavy atom. The number of methoxy groups -OCH3 is 2. The maximum absolute atomic E-state index is 13.3. The van der Waals surface area contributed by atoms with Crippen LogP contribution in [0.25, 0.3) is 11.0 Å². The smallest absolute Gasteiger partial charge is 0.283 e. The van der Waals surface area contributed by atoms with Crippen molar-refractivity contribution in [1.29, 1.82) is 0 Å². The summed E-state index contributed by atoms with van der Waals surface area (Å²) in [6, 6.07) is 14.4. The third kappa shape index (κ3) is 4.17. The quantitative estimate of drug-likeness (QED) is 0.383. The largest absolute Gasteiger partial charge is 0.493 e. The normalized spacial score (nSPS) is 15.4. The van der Waals surface area contributed by atoms with Crippen LogP contribution in [0.3, 0.4) is 0 Å². The number of hydrazone groups is 1. The van der Waals surface area contributed by atoms with Gasteiger partial charge in [-0.15, -0.1) is 16.4 Å². The Morgan fingerprint density at radius 2 is 2.00 bits per heavy atom. The van der Waals surface area contributed by atoms with E-state index in [0.29, 0.717) is 34.0 Å². The second-order valence-corrected chi connectivity index (χ2v) is 8.85. The topological polar surface area (TPSA) is 91.1 Å². The first-order chi connectivity index (χ1) is 16.6. The molecule has 2 aromatic carbocycles. The van der Waals surface area contributed by atoms with Crippen molar-refractivity contribution in [3.05, 3.63) is 69.4 Å². The molecule has 2 aromatic heterocycles. The molecule has 174 valence electrons. The summed E-state index contributed by atoms with van der Waals surface area (Å²) in [4.78, 5) is 21.1. The van der Waals surface area contributed by atoms with Gasteiger partial charge in [-0.25, -0.2) is 5.01 Å². The number of rotatable bonds is 7. The number of nitrogens with zero attached hydrogens (tertiary/aromatic N) is 5.